The van der Waals surface area contributed by atoms with Crippen molar-refractivity contribution >= 4 is 33.3 Å². The Labute approximate surface area is 165 Å². The highest BCUT2D eigenvalue weighted by atomic mass is 35.5. The zero-order valence-corrected chi connectivity index (χ0v) is 17.6. The van der Waals surface area contributed by atoms with Gasteiger partial charge in [-0.3, -0.25) is 9.79 Å². The van der Waals surface area contributed by atoms with Crippen molar-refractivity contribution in [3.8, 4) is 0 Å². The predicted octanol–water partition coefficient (Wildman–Crippen LogP) is 0.769. The lowest BCUT2D eigenvalue weighted by Gasteiger charge is -2.22. The summed E-state index contributed by atoms with van der Waals surface area (Å²) in [6, 6.07) is 1.63. The topological polar surface area (TPSA) is 95.8 Å². The third-order valence-electron chi connectivity index (χ3n) is 4.37. The summed E-state index contributed by atoms with van der Waals surface area (Å²) in [7, 11) is 0.864. The summed E-state index contributed by atoms with van der Waals surface area (Å²) in [5, 5.41) is 6.68. The monoisotopic (exact) mass is 417 g/mol. The zero-order chi connectivity index (χ0) is 20.0. The van der Waals surface area contributed by atoms with E-state index in [2.05, 4.69) is 15.6 Å². The van der Waals surface area contributed by atoms with Crippen LogP contribution in [0, 0.1) is 0 Å². The van der Waals surface area contributed by atoms with Crippen LogP contribution < -0.4 is 10.6 Å². The molecule has 2 rings (SSSR count). The Morgan fingerprint density at radius 3 is 2.78 bits per heavy atom. The van der Waals surface area contributed by atoms with E-state index in [9.17, 15) is 13.2 Å². The molecule has 152 valence electrons. The maximum absolute atomic E-state index is 12.0. The molecule has 0 radical (unpaired) electrons. The van der Waals surface area contributed by atoms with Crippen LogP contribution in [0.25, 0.3) is 0 Å². The van der Waals surface area contributed by atoms with E-state index in [0.717, 1.165) is 5.69 Å². The summed E-state index contributed by atoms with van der Waals surface area (Å²) in [5.41, 5.74) is 1.05. The molecule has 0 saturated carbocycles. The van der Waals surface area contributed by atoms with Crippen LogP contribution in [-0.2, 0) is 28.2 Å². The SMILES string of the molecule is CCNC(=NCCC(=O)NC1CCS(=O)(=O)C1)N(C)Cc1cc(Cl)cn1C. The highest BCUT2D eigenvalue weighted by Gasteiger charge is 2.28. The van der Waals surface area contributed by atoms with Gasteiger partial charge in [-0.15, -0.1) is 0 Å². The van der Waals surface area contributed by atoms with Crippen molar-refractivity contribution in [3.05, 3.63) is 23.0 Å². The fourth-order valence-corrected chi connectivity index (χ4v) is 4.93. The fourth-order valence-electron chi connectivity index (χ4n) is 2.98. The molecule has 8 nitrogen and oxygen atoms in total. The number of guanidine groups is 1. The molecular weight excluding hydrogens is 390 g/mol. The molecular formula is C17H28ClN5O3S. The van der Waals surface area contributed by atoms with E-state index in [0.29, 0.717) is 37.0 Å². The summed E-state index contributed by atoms with van der Waals surface area (Å²) in [6.07, 6.45) is 2.56. The van der Waals surface area contributed by atoms with Crippen molar-refractivity contribution < 1.29 is 13.2 Å². The molecule has 2 N–H and O–H groups in total. The van der Waals surface area contributed by atoms with Crippen molar-refractivity contribution in [1.82, 2.24) is 20.1 Å². The van der Waals surface area contributed by atoms with Gasteiger partial charge in [0.15, 0.2) is 15.8 Å². The predicted molar refractivity (Wildman–Crippen MR) is 108 cm³/mol. The number of sulfone groups is 1. The van der Waals surface area contributed by atoms with Crippen molar-refractivity contribution in [3.63, 3.8) is 0 Å². The van der Waals surface area contributed by atoms with Crippen LogP contribution in [0.3, 0.4) is 0 Å². The van der Waals surface area contributed by atoms with Crippen molar-refractivity contribution in [1.29, 1.82) is 0 Å². The number of aromatic nitrogens is 1. The van der Waals surface area contributed by atoms with E-state index in [1.807, 2.05) is 42.7 Å². The van der Waals surface area contributed by atoms with Crippen LogP contribution in [0.5, 0.6) is 0 Å². The van der Waals surface area contributed by atoms with Gasteiger partial charge in [0.2, 0.25) is 5.91 Å². The summed E-state index contributed by atoms with van der Waals surface area (Å²) < 4.78 is 24.9. The van der Waals surface area contributed by atoms with E-state index in [1.165, 1.54) is 0 Å². The number of carbonyl (C=O) groups is 1. The summed E-state index contributed by atoms with van der Waals surface area (Å²) in [4.78, 5) is 18.5. The number of nitrogens with zero attached hydrogens (tertiary/aromatic N) is 3. The molecule has 1 amide bonds. The highest BCUT2D eigenvalue weighted by Crippen LogP contribution is 2.14. The quantitative estimate of drug-likeness (QED) is 0.504. The first-order chi connectivity index (χ1) is 12.7. The first-order valence-electron chi connectivity index (χ1n) is 9.00. The van der Waals surface area contributed by atoms with Gasteiger partial charge in [0.25, 0.3) is 0 Å². The van der Waals surface area contributed by atoms with E-state index in [4.69, 9.17) is 11.6 Å². The number of halogens is 1. The van der Waals surface area contributed by atoms with Gasteiger partial charge in [-0.2, -0.15) is 0 Å². The van der Waals surface area contributed by atoms with Crippen LogP contribution >= 0.6 is 11.6 Å². The molecule has 0 spiro atoms. The van der Waals surface area contributed by atoms with Gasteiger partial charge >= 0.3 is 0 Å². The van der Waals surface area contributed by atoms with Crippen molar-refractivity contribution in [2.24, 2.45) is 12.0 Å². The van der Waals surface area contributed by atoms with Crippen molar-refractivity contribution in [2.75, 3.05) is 31.6 Å². The van der Waals surface area contributed by atoms with Gasteiger partial charge in [-0.1, -0.05) is 11.6 Å². The third kappa shape index (κ3) is 6.73. The Balaban J connectivity index is 1.86. The summed E-state index contributed by atoms with van der Waals surface area (Å²) in [5.74, 6) is 0.709. The Morgan fingerprint density at radius 1 is 1.48 bits per heavy atom. The number of aliphatic imine (C=N–C) groups is 1. The molecule has 10 heteroatoms. The number of hydrogen-bond donors (Lipinski definition) is 2. The summed E-state index contributed by atoms with van der Waals surface area (Å²) >= 11 is 6.03. The maximum Gasteiger partial charge on any atom is 0.222 e. The Morgan fingerprint density at radius 2 is 2.22 bits per heavy atom. The van der Waals surface area contributed by atoms with Gasteiger partial charge in [0.1, 0.15) is 0 Å². The lowest BCUT2D eigenvalue weighted by molar-refractivity contribution is -0.121. The molecule has 1 atom stereocenters. The zero-order valence-electron chi connectivity index (χ0n) is 16.0. The van der Waals surface area contributed by atoms with Gasteiger partial charge in [0, 0.05) is 45.0 Å². The lowest BCUT2D eigenvalue weighted by Crippen LogP contribution is -2.39. The van der Waals surface area contributed by atoms with Crippen LogP contribution in [0.2, 0.25) is 5.02 Å². The van der Waals surface area contributed by atoms with Crippen LogP contribution in [0.15, 0.2) is 17.3 Å². The first kappa shape index (κ1) is 21.6. The van der Waals surface area contributed by atoms with E-state index in [1.54, 1.807) is 0 Å². The van der Waals surface area contributed by atoms with E-state index >= 15 is 0 Å². The minimum Gasteiger partial charge on any atom is -0.357 e. The molecule has 1 fully saturated rings. The minimum atomic E-state index is -3.00. The molecule has 27 heavy (non-hydrogen) atoms. The molecule has 1 aliphatic rings. The van der Waals surface area contributed by atoms with Crippen LogP contribution in [-0.4, -0.2) is 67.4 Å². The molecule has 1 saturated heterocycles. The molecule has 1 aromatic rings. The molecule has 0 aromatic carbocycles. The number of rotatable bonds is 7. The molecule has 1 aliphatic heterocycles. The van der Waals surface area contributed by atoms with Gasteiger partial charge in [-0.05, 0) is 19.4 Å². The Bertz CT molecular complexity index is 790. The van der Waals surface area contributed by atoms with Crippen LogP contribution in [0.4, 0.5) is 0 Å². The van der Waals surface area contributed by atoms with Gasteiger partial charge in [-0.25, -0.2) is 8.42 Å². The molecule has 0 bridgehead atoms. The van der Waals surface area contributed by atoms with Crippen molar-refractivity contribution in [2.45, 2.75) is 32.4 Å². The average Bonchev–Trinajstić information content (AvgIpc) is 3.07. The molecule has 1 aromatic heterocycles. The largest absolute Gasteiger partial charge is 0.357 e. The number of aryl methyl sites for hydroxylation is 1. The standard InChI is InChI=1S/C17H28ClN5O3S/c1-4-19-17(23(3)11-15-9-13(18)10-22(15)2)20-7-5-16(24)21-14-6-8-27(25,26)12-14/h9-10,14H,4-8,11-12H2,1-3H3,(H,19,20)(H,21,24). The second-order valence-electron chi connectivity index (χ2n) is 6.77. The third-order valence-corrected chi connectivity index (χ3v) is 6.34. The van der Waals surface area contributed by atoms with Crippen LogP contribution in [0.1, 0.15) is 25.5 Å². The summed E-state index contributed by atoms with van der Waals surface area (Å²) in [6.45, 7) is 3.65. The lowest BCUT2D eigenvalue weighted by atomic mass is 10.2. The second-order valence-corrected chi connectivity index (χ2v) is 9.43. The number of nitrogens with one attached hydrogen (secondary N) is 2. The first-order valence-corrected chi connectivity index (χ1v) is 11.2. The number of carbonyl (C=O) groups excluding carboxylic acids is 1. The Kier molecular flexibility index (Phi) is 7.55. The fraction of sp³-hybridized carbons (Fsp3) is 0.647. The maximum atomic E-state index is 12.0. The van der Waals surface area contributed by atoms with Gasteiger partial charge in [0.05, 0.1) is 29.6 Å². The number of hydrogen-bond acceptors (Lipinski definition) is 4. The minimum absolute atomic E-state index is 0.0343. The average molecular weight is 418 g/mol. The molecule has 0 aliphatic carbocycles. The van der Waals surface area contributed by atoms with E-state index in [-0.39, 0.29) is 29.9 Å². The normalized spacial score (nSPS) is 19.1. The van der Waals surface area contributed by atoms with Gasteiger partial charge < -0.3 is 20.1 Å². The number of amides is 1. The highest BCUT2D eigenvalue weighted by molar-refractivity contribution is 7.91. The molecule has 1 unspecified atom stereocenters. The second kappa shape index (κ2) is 9.45. The molecule has 2 heterocycles. The smallest absolute Gasteiger partial charge is 0.222 e. The Hall–Kier alpha value is -1.74. The van der Waals surface area contributed by atoms with E-state index < -0.39 is 9.84 Å².